The number of halogens is 2. The largest absolute Gasteiger partial charge is 0.495 e. The van der Waals surface area contributed by atoms with Crippen molar-refractivity contribution in [1.82, 2.24) is 5.32 Å². The van der Waals surface area contributed by atoms with Crippen LogP contribution in [-0.2, 0) is 0 Å². The number of methoxy groups -OCH3 is 1. The second-order valence-corrected chi connectivity index (χ2v) is 3.60. The Hall–Kier alpha value is -0.440. The quantitative estimate of drug-likeness (QED) is 0.849. The summed E-state index contributed by atoms with van der Waals surface area (Å²) in [5.74, 6) is 0.757. The predicted octanol–water partition coefficient (Wildman–Crippen LogP) is 2.80. The Morgan fingerprint density at radius 1 is 1.50 bits per heavy atom. The second-order valence-electron chi connectivity index (χ2n) is 3.19. The van der Waals surface area contributed by atoms with Gasteiger partial charge in [0, 0.05) is 6.04 Å². The highest BCUT2D eigenvalue weighted by molar-refractivity contribution is 6.32. The van der Waals surface area contributed by atoms with Gasteiger partial charge in [0.2, 0.25) is 0 Å². The zero-order valence-electron chi connectivity index (χ0n) is 7.92. The van der Waals surface area contributed by atoms with Crippen molar-refractivity contribution in [2.75, 3.05) is 13.7 Å². The van der Waals surface area contributed by atoms with Crippen molar-refractivity contribution in [3.05, 3.63) is 28.8 Å². The lowest BCUT2D eigenvalue weighted by atomic mass is 9.98. The number of hydrogen-bond acceptors (Lipinski definition) is 2. The van der Waals surface area contributed by atoms with E-state index in [1.807, 2.05) is 18.2 Å². The molecule has 0 unspecified atom stereocenters. The number of benzene rings is 1. The fourth-order valence-corrected chi connectivity index (χ4v) is 1.66. The van der Waals surface area contributed by atoms with Crippen LogP contribution in [0, 0.1) is 0 Å². The highest BCUT2D eigenvalue weighted by Gasteiger charge is 2.19. The summed E-state index contributed by atoms with van der Waals surface area (Å²) in [6.45, 7) is 1.11. The van der Waals surface area contributed by atoms with Crippen LogP contribution in [0.4, 0.5) is 0 Å². The van der Waals surface area contributed by atoms with Gasteiger partial charge in [0.25, 0.3) is 0 Å². The standard InChI is InChI=1S/C10H12ClNO.ClH/c1-13-10-6-7(2-3-8(10)11)9-4-5-12-9;/h2-3,6,9,12H,4-5H2,1H3;1H/t9-;/m1./s1. The molecule has 1 aliphatic heterocycles. The van der Waals surface area contributed by atoms with Gasteiger partial charge in [0.15, 0.2) is 0 Å². The molecule has 2 nitrogen and oxygen atoms in total. The first-order valence-electron chi connectivity index (χ1n) is 4.38. The van der Waals surface area contributed by atoms with Crippen molar-refractivity contribution in [2.45, 2.75) is 12.5 Å². The smallest absolute Gasteiger partial charge is 0.137 e. The maximum atomic E-state index is 5.92. The average molecular weight is 234 g/mol. The van der Waals surface area contributed by atoms with E-state index in [1.54, 1.807) is 7.11 Å². The summed E-state index contributed by atoms with van der Waals surface area (Å²) in [6.07, 6.45) is 1.20. The maximum absolute atomic E-state index is 5.92. The van der Waals surface area contributed by atoms with Crippen LogP contribution in [-0.4, -0.2) is 13.7 Å². The third-order valence-corrected chi connectivity index (χ3v) is 2.71. The first kappa shape index (κ1) is 11.6. The van der Waals surface area contributed by atoms with Crippen LogP contribution in [0.3, 0.4) is 0 Å². The minimum absolute atomic E-state index is 0. The third-order valence-electron chi connectivity index (χ3n) is 2.40. The zero-order chi connectivity index (χ0) is 9.26. The van der Waals surface area contributed by atoms with Crippen LogP contribution in [0.1, 0.15) is 18.0 Å². The van der Waals surface area contributed by atoms with Crippen LogP contribution >= 0.6 is 24.0 Å². The summed E-state index contributed by atoms with van der Waals surface area (Å²) in [5.41, 5.74) is 1.26. The molecular formula is C10H13Cl2NO. The van der Waals surface area contributed by atoms with E-state index in [2.05, 4.69) is 5.32 Å². The summed E-state index contributed by atoms with van der Waals surface area (Å²) in [5, 5.41) is 4.01. The summed E-state index contributed by atoms with van der Waals surface area (Å²) in [7, 11) is 1.64. The SMILES string of the molecule is COc1cc([C@H]2CCN2)ccc1Cl.Cl. The van der Waals surface area contributed by atoms with E-state index in [-0.39, 0.29) is 12.4 Å². The number of ether oxygens (including phenoxy) is 1. The Balaban J connectivity index is 0.000000980. The minimum Gasteiger partial charge on any atom is -0.495 e. The Kier molecular flexibility index (Phi) is 4.05. The summed E-state index contributed by atoms with van der Waals surface area (Å²) < 4.78 is 5.14. The van der Waals surface area contributed by atoms with Gasteiger partial charge in [0.1, 0.15) is 5.75 Å². The van der Waals surface area contributed by atoms with Crippen molar-refractivity contribution in [3.8, 4) is 5.75 Å². The van der Waals surface area contributed by atoms with Crippen LogP contribution in [0.5, 0.6) is 5.75 Å². The molecule has 2 rings (SSSR count). The number of hydrogen-bond donors (Lipinski definition) is 1. The van der Waals surface area contributed by atoms with Crippen LogP contribution in [0.2, 0.25) is 5.02 Å². The molecule has 78 valence electrons. The molecule has 4 heteroatoms. The molecule has 0 aliphatic carbocycles. The van der Waals surface area contributed by atoms with Gasteiger partial charge in [0.05, 0.1) is 12.1 Å². The van der Waals surface area contributed by atoms with E-state index >= 15 is 0 Å². The number of nitrogens with one attached hydrogen (secondary N) is 1. The van der Waals surface area contributed by atoms with Crippen molar-refractivity contribution in [3.63, 3.8) is 0 Å². The normalized spacial score (nSPS) is 19.4. The van der Waals surface area contributed by atoms with Gasteiger partial charge >= 0.3 is 0 Å². The van der Waals surface area contributed by atoms with E-state index in [0.717, 1.165) is 12.3 Å². The van der Waals surface area contributed by atoms with Crippen LogP contribution in [0.25, 0.3) is 0 Å². The van der Waals surface area contributed by atoms with Gasteiger partial charge in [-0.15, -0.1) is 12.4 Å². The second kappa shape index (κ2) is 4.87. The zero-order valence-corrected chi connectivity index (χ0v) is 9.49. The molecule has 0 spiro atoms. The lowest BCUT2D eigenvalue weighted by molar-refractivity contribution is 0.378. The molecule has 1 atom stereocenters. The topological polar surface area (TPSA) is 21.3 Å². The first-order chi connectivity index (χ1) is 6.31. The monoisotopic (exact) mass is 233 g/mol. The van der Waals surface area contributed by atoms with E-state index in [9.17, 15) is 0 Å². The van der Waals surface area contributed by atoms with E-state index in [1.165, 1.54) is 12.0 Å². The molecule has 1 aromatic carbocycles. The molecule has 1 fully saturated rings. The van der Waals surface area contributed by atoms with Crippen molar-refractivity contribution in [2.24, 2.45) is 0 Å². The van der Waals surface area contributed by atoms with Gasteiger partial charge < -0.3 is 10.1 Å². The van der Waals surface area contributed by atoms with Crippen LogP contribution < -0.4 is 10.1 Å². The Labute approximate surface area is 95.0 Å². The van der Waals surface area contributed by atoms with Crippen LogP contribution in [0.15, 0.2) is 18.2 Å². The van der Waals surface area contributed by atoms with Gasteiger partial charge in [-0.1, -0.05) is 17.7 Å². The highest BCUT2D eigenvalue weighted by Crippen LogP contribution is 2.30. The first-order valence-corrected chi connectivity index (χ1v) is 4.76. The Bertz CT molecular complexity index is 313. The predicted molar refractivity (Wildman–Crippen MR) is 60.6 cm³/mol. The third kappa shape index (κ3) is 2.14. The average Bonchev–Trinajstić information content (AvgIpc) is 2.05. The van der Waals surface area contributed by atoms with Gasteiger partial charge in [-0.2, -0.15) is 0 Å². The highest BCUT2D eigenvalue weighted by atomic mass is 35.5. The molecule has 0 saturated carbocycles. The van der Waals surface area contributed by atoms with Crippen molar-refractivity contribution in [1.29, 1.82) is 0 Å². The minimum atomic E-state index is 0. The molecule has 0 radical (unpaired) electrons. The van der Waals surface area contributed by atoms with Gasteiger partial charge in [-0.25, -0.2) is 0 Å². The molecule has 0 bridgehead atoms. The maximum Gasteiger partial charge on any atom is 0.137 e. The summed E-state index contributed by atoms with van der Waals surface area (Å²) >= 11 is 5.92. The fourth-order valence-electron chi connectivity index (χ4n) is 1.47. The summed E-state index contributed by atoms with van der Waals surface area (Å²) in [4.78, 5) is 0. The molecule has 14 heavy (non-hydrogen) atoms. The van der Waals surface area contributed by atoms with Gasteiger partial charge in [-0.05, 0) is 30.7 Å². The van der Waals surface area contributed by atoms with Crippen molar-refractivity contribution >= 4 is 24.0 Å². The number of rotatable bonds is 2. The molecule has 1 N–H and O–H groups in total. The van der Waals surface area contributed by atoms with E-state index in [0.29, 0.717) is 11.1 Å². The molecular weight excluding hydrogens is 221 g/mol. The Morgan fingerprint density at radius 3 is 2.71 bits per heavy atom. The van der Waals surface area contributed by atoms with Gasteiger partial charge in [-0.3, -0.25) is 0 Å². The molecule has 0 amide bonds. The fraction of sp³-hybridized carbons (Fsp3) is 0.400. The summed E-state index contributed by atoms with van der Waals surface area (Å²) in [6, 6.07) is 6.42. The lowest BCUT2D eigenvalue weighted by Crippen LogP contribution is -2.34. The molecule has 0 aromatic heterocycles. The van der Waals surface area contributed by atoms with Crippen molar-refractivity contribution < 1.29 is 4.74 Å². The molecule has 1 saturated heterocycles. The molecule has 1 aromatic rings. The van der Waals surface area contributed by atoms with E-state index in [4.69, 9.17) is 16.3 Å². The van der Waals surface area contributed by atoms with E-state index < -0.39 is 0 Å². The molecule has 1 aliphatic rings. The molecule has 1 heterocycles. The lowest BCUT2D eigenvalue weighted by Gasteiger charge is -2.28. The Morgan fingerprint density at radius 2 is 2.21 bits per heavy atom.